The first-order valence-corrected chi connectivity index (χ1v) is 7.84. The Morgan fingerprint density at radius 1 is 1.00 bits per heavy atom. The minimum absolute atomic E-state index is 0.0314. The lowest BCUT2D eigenvalue weighted by Crippen LogP contribution is -2.22. The number of benzene rings is 1. The van der Waals surface area contributed by atoms with E-state index in [0.717, 1.165) is 17.7 Å². The predicted molar refractivity (Wildman–Crippen MR) is 92.8 cm³/mol. The largest absolute Gasteiger partial charge is 0.312 e. The molecule has 0 saturated carbocycles. The summed E-state index contributed by atoms with van der Waals surface area (Å²) in [6.07, 6.45) is 7.89. The van der Waals surface area contributed by atoms with Crippen molar-refractivity contribution in [3.63, 3.8) is 0 Å². The summed E-state index contributed by atoms with van der Waals surface area (Å²) in [6.45, 7) is 0.646. The summed E-state index contributed by atoms with van der Waals surface area (Å²) in [6, 6.07) is 15.8. The predicted octanol–water partition coefficient (Wildman–Crippen LogP) is 2.80. The first kappa shape index (κ1) is 14.4. The van der Waals surface area contributed by atoms with Crippen molar-refractivity contribution in [1.82, 2.24) is 19.2 Å². The highest BCUT2D eigenvalue weighted by Gasteiger charge is 2.09. The third-order valence-corrected chi connectivity index (χ3v) is 4.05. The van der Waals surface area contributed by atoms with E-state index in [9.17, 15) is 4.79 Å². The lowest BCUT2D eigenvalue weighted by Gasteiger charge is -2.06. The summed E-state index contributed by atoms with van der Waals surface area (Å²) >= 11 is 0. The molecule has 0 saturated heterocycles. The fraction of sp³-hybridized carbons (Fsp3) is 0.105. The summed E-state index contributed by atoms with van der Waals surface area (Å²) in [7, 11) is 0. The average Bonchev–Trinajstić information content (AvgIpc) is 3.08. The molecule has 0 unspecified atom stereocenters. The molecule has 0 fully saturated rings. The van der Waals surface area contributed by atoms with Gasteiger partial charge in [0, 0.05) is 36.9 Å². The van der Waals surface area contributed by atoms with E-state index in [0.29, 0.717) is 12.1 Å². The maximum atomic E-state index is 12.7. The zero-order valence-corrected chi connectivity index (χ0v) is 13.0. The lowest BCUT2D eigenvalue weighted by molar-refractivity contribution is 0.662. The van der Waals surface area contributed by atoms with E-state index < -0.39 is 0 Å². The summed E-state index contributed by atoms with van der Waals surface area (Å²) in [5.41, 5.74) is 3.41. The van der Waals surface area contributed by atoms with Crippen LogP contribution in [0.25, 0.3) is 16.8 Å². The second-order valence-electron chi connectivity index (χ2n) is 5.63. The molecule has 4 rings (SSSR count). The molecule has 1 aromatic carbocycles. The van der Waals surface area contributed by atoms with E-state index >= 15 is 0 Å². The van der Waals surface area contributed by atoms with Crippen LogP contribution in [0.15, 0.2) is 78.1 Å². The Labute approximate surface area is 138 Å². The van der Waals surface area contributed by atoms with E-state index in [-0.39, 0.29) is 5.56 Å². The molecule has 0 aliphatic rings. The Kier molecular flexibility index (Phi) is 3.67. The van der Waals surface area contributed by atoms with E-state index in [4.69, 9.17) is 0 Å². The van der Waals surface area contributed by atoms with Gasteiger partial charge in [-0.2, -0.15) is 5.10 Å². The summed E-state index contributed by atoms with van der Waals surface area (Å²) in [5.74, 6) is 0. The van der Waals surface area contributed by atoms with Gasteiger partial charge in [-0.15, -0.1) is 0 Å². The molecular formula is C19H16N4O. The van der Waals surface area contributed by atoms with Gasteiger partial charge in [-0.3, -0.25) is 9.78 Å². The third-order valence-electron chi connectivity index (χ3n) is 4.05. The topological polar surface area (TPSA) is 52.2 Å². The zero-order chi connectivity index (χ0) is 16.4. The number of nitrogens with zero attached hydrogens (tertiary/aromatic N) is 4. The SMILES string of the molecule is O=c1c2cc(-c3cccnc3)nn2ccn1CCc1ccccc1. The molecule has 3 heterocycles. The molecule has 0 bridgehead atoms. The number of rotatable bonds is 4. The molecule has 0 aliphatic heterocycles. The second kappa shape index (κ2) is 6.12. The van der Waals surface area contributed by atoms with E-state index in [1.54, 1.807) is 27.7 Å². The van der Waals surface area contributed by atoms with Gasteiger partial charge in [0.05, 0.1) is 5.69 Å². The Morgan fingerprint density at radius 2 is 1.88 bits per heavy atom. The highest BCUT2D eigenvalue weighted by Crippen LogP contribution is 2.16. The van der Waals surface area contributed by atoms with Gasteiger partial charge in [0.1, 0.15) is 5.52 Å². The minimum Gasteiger partial charge on any atom is -0.312 e. The molecular weight excluding hydrogens is 300 g/mol. The van der Waals surface area contributed by atoms with Crippen LogP contribution in [0.2, 0.25) is 0 Å². The van der Waals surface area contributed by atoms with Crippen LogP contribution in [0.1, 0.15) is 5.56 Å². The van der Waals surface area contributed by atoms with Crippen LogP contribution in [0.4, 0.5) is 0 Å². The molecule has 0 aliphatic carbocycles. The molecule has 0 spiro atoms. The maximum absolute atomic E-state index is 12.7. The van der Waals surface area contributed by atoms with Gasteiger partial charge in [0.2, 0.25) is 0 Å². The molecule has 5 heteroatoms. The standard InChI is InChI=1S/C19H16N4O/c24-19-18-13-17(16-7-4-9-20-14-16)21-23(18)12-11-22(19)10-8-15-5-2-1-3-6-15/h1-7,9,11-14H,8,10H2. The molecule has 3 aromatic heterocycles. The Morgan fingerprint density at radius 3 is 2.67 bits per heavy atom. The smallest absolute Gasteiger partial charge is 0.276 e. The maximum Gasteiger partial charge on any atom is 0.276 e. The number of aromatic nitrogens is 4. The summed E-state index contributed by atoms with van der Waals surface area (Å²) < 4.78 is 3.36. The van der Waals surface area contributed by atoms with Gasteiger partial charge in [-0.05, 0) is 30.2 Å². The number of hydrogen-bond donors (Lipinski definition) is 0. The van der Waals surface area contributed by atoms with E-state index in [2.05, 4.69) is 22.2 Å². The van der Waals surface area contributed by atoms with Crippen LogP contribution < -0.4 is 5.56 Å². The number of fused-ring (bicyclic) bond motifs is 1. The lowest BCUT2D eigenvalue weighted by atomic mass is 10.1. The highest BCUT2D eigenvalue weighted by atomic mass is 16.1. The van der Waals surface area contributed by atoms with Gasteiger partial charge in [-0.1, -0.05) is 30.3 Å². The van der Waals surface area contributed by atoms with Crippen LogP contribution in [0.3, 0.4) is 0 Å². The molecule has 5 nitrogen and oxygen atoms in total. The van der Waals surface area contributed by atoms with Gasteiger partial charge in [0.15, 0.2) is 0 Å². The van der Waals surface area contributed by atoms with Crippen LogP contribution in [0, 0.1) is 0 Å². The van der Waals surface area contributed by atoms with Crippen LogP contribution in [-0.4, -0.2) is 19.2 Å². The molecule has 4 aromatic rings. The average molecular weight is 316 g/mol. The van der Waals surface area contributed by atoms with Crippen molar-refractivity contribution in [3.05, 3.63) is 89.2 Å². The fourth-order valence-corrected chi connectivity index (χ4v) is 2.75. The fourth-order valence-electron chi connectivity index (χ4n) is 2.75. The Bertz CT molecular complexity index is 1020. The monoisotopic (exact) mass is 316 g/mol. The number of hydrogen-bond acceptors (Lipinski definition) is 3. The number of pyridine rings is 1. The third kappa shape index (κ3) is 2.72. The summed E-state index contributed by atoms with van der Waals surface area (Å²) in [5, 5.41) is 4.47. The first-order chi connectivity index (χ1) is 11.8. The summed E-state index contributed by atoms with van der Waals surface area (Å²) in [4.78, 5) is 16.8. The van der Waals surface area contributed by atoms with Crippen molar-refractivity contribution in [1.29, 1.82) is 0 Å². The molecule has 118 valence electrons. The van der Waals surface area contributed by atoms with Crippen LogP contribution >= 0.6 is 0 Å². The van der Waals surface area contributed by atoms with Gasteiger partial charge >= 0.3 is 0 Å². The Hall–Kier alpha value is -3.21. The van der Waals surface area contributed by atoms with Crippen LogP contribution in [-0.2, 0) is 13.0 Å². The van der Waals surface area contributed by atoms with E-state index in [1.165, 1.54) is 5.56 Å². The Balaban J connectivity index is 1.66. The van der Waals surface area contributed by atoms with Crippen molar-refractivity contribution < 1.29 is 0 Å². The van der Waals surface area contributed by atoms with Gasteiger partial charge in [0.25, 0.3) is 5.56 Å². The molecule has 24 heavy (non-hydrogen) atoms. The second-order valence-corrected chi connectivity index (χ2v) is 5.63. The van der Waals surface area contributed by atoms with Crippen molar-refractivity contribution in [2.45, 2.75) is 13.0 Å². The van der Waals surface area contributed by atoms with Crippen molar-refractivity contribution in [3.8, 4) is 11.3 Å². The molecule has 0 atom stereocenters. The van der Waals surface area contributed by atoms with Gasteiger partial charge < -0.3 is 4.57 Å². The molecule has 0 N–H and O–H groups in total. The zero-order valence-electron chi connectivity index (χ0n) is 13.0. The van der Waals surface area contributed by atoms with Crippen molar-refractivity contribution in [2.24, 2.45) is 0 Å². The molecule has 0 amide bonds. The van der Waals surface area contributed by atoms with E-state index in [1.807, 2.05) is 42.6 Å². The van der Waals surface area contributed by atoms with Crippen molar-refractivity contribution >= 4 is 5.52 Å². The molecule has 0 radical (unpaired) electrons. The highest BCUT2D eigenvalue weighted by molar-refractivity contribution is 5.64. The quantitative estimate of drug-likeness (QED) is 0.582. The number of aryl methyl sites for hydroxylation is 2. The first-order valence-electron chi connectivity index (χ1n) is 7.84. The van der Waals surface area contributed by atoms with Crippen LogP contribution in [0.5, 0.6) is 0 Å². The minimum atomic E-state index is -0.0314. The normalized spacial score (nSPS) is 11.0. The van der Waals surface area contributed by atoms with Crippen molar-refractivity contribution in [2.75, 3.05) is 0 Å². The van der Waals surface area contributed by atoms with Gasteiger partial charge in [-0.25, -0.2) is 4.52 Å².